The molecule has 0 saturated carbocycles. The molecule has 1 fully saturated rings. The van der Waals surface area contributed by atoms with Crippen LogP contribution >= 0.6 is 0 Å². The first-order valence-corrected chi connectivity index (χ1v) is 10.3. The molecule has 2 heterocycles. The number of aromatic nitrogens is 2. The van der Waals surface area contributed by atoms with E-state index in [4.69, 9.17) is 0 Å². The molecule has 4 rings (SSSR count). The normalized spacial score (nSPS) is 15.1. The summed E-state index contributed by atoms with van der Waals surface area (Å²) in [5.74, 6) is 0.654. The third-order valence-corrected chi connectivity index (χ3v) is 5.62. The van der Waals surface area contributed by atoms with Crippen molar-refractivity contribution in [1.29, 1.82) is 0 Å². The first-order valence-electron chi connectivity index (χ1n) is 10.3. The summed E-state index contributed by atoms with van der Waals surface area (Å²) < 4.78 is 13.2. The van der Waals surface area contributed by atoms with Crippen LogP contribution in [-0.2, 0) is 4.79 Å². The topological polar surface area (TPSA) is 49.3 Å². The standard InChI is InChI=1S/C24H25FN4O/c1-2-21(18-6-4-3-5-7-18)24(30)29-14-12-28(13-15-29)23-16-22(26-17-27-23)19-8-10-20(25)11-9-19/h3-11,16-17,21H,2,12-15H2,1H3. The van der Waals surface area contributed by atoms with Crippen LogP contribution in [0.3, 0.4) is 0 Å². The lowest BCUT2D eigenvalue weighted by Crippen LogP contribution is -2.50. The van der Waals surface area contributed by atoms with Crippen molar-refractivity contribution >= 4 is 11.7 Å². The zero-order valence-electron chi connectivity index (χ0n) is 17.0. The van der Waals surface area contributed by atoms with Gasteiger partial charge in [-0.25, -0.2) is 14.4 Å². The molecule has 0 spiro atoms. The maximum Gasteiger partial charge on any atom is 0.230 e. The smallest absolute Gasteiger partial charge is 0.230 e. The van der Waals surface area contributed by atoms with Crippen LogP contribution in [0.15, 0.2) is 67.0 Å². The van der Waals surface area contributed by atoms with E-state index in [9.17, 15) is 9.18 Å². The first-order chi connectivity index (χ1) is 14.7. The third kappa shape index (κ3) is 4.32. The number of benzene rings is 2. The fourth-order valence-corrected chi connectivity index (χ4v) is 3.91. The predicted octanol–water partition coefficient (Wildman–Crippen LogP) is 4.13. The molecule has 1 aliphatic rings. The lowest BCUT2D eigenvalue weighted by atomic mass is 9.95. The molecule has 154 valence electrons. The molecule has 6 heteroatoms. The second kappa shape index (κ2) is 9.03. The van der Waals surface area contributed by atoms with Crippen LogP contribution in [0.1, 0.15) is 24.8 Å². The van der Waals surface area contributed by atoms with Crippen LogP contribution in [-0.4, -0.2) is 47.0 Å². The molecule has 3 aromatic rings. The average molecular weight is 404 g/mol. The molecule has 0 N–H and O–H groups in total. The minimum atomic E-state index is -0.269. The van der Waals surface area contributed by atoms with Gasteiger partial charge in [0.15, 0.2) is 0 Å². The number of amides is 1. The quantitative estimate of drug-likeness (QED) is 0.642. The van der Waals surface area contributed by atoms with Crippen LogP contribution in [0, 0.1) is 5.82 Å². The van der Waals surface area contributed by atoms with Gasteiger partial charge in [-0.1, -0.05) is 37.3 Å². The van der Waals surface area contributed by atoms with E-state index in [0.717, 1.165) is 42.1 Å². The first kappa shape index (κ1) is 20.0. The molecule has 1 aliphatic heterocycles. The Kier molecular flexibility index (Phi) is 6.02. The number of rotatable bonds is 5. The van der Waals surface area contributed by atoms with E-state index in [-0.39, 0.29) is 17.6 Å². The van der Waals surface area contributed by atoms with Crippen molar-refractivity contribution in [3.63, 3.8) is 0 Å². The second-order valence-electron chi connectivity index (χ2n) is 7.45. The third-order valence-electron chi connectivity index (χ3n) is 5.62. The Balaban J connectivity index is 1.43. The highest BCUT2D eigenvalue weighted by molar-refractivity contribution is 5.84. The number of anilines is 1. The summed E-state index contributed by atoms with van der Waals surface area (Å²) in [6.45, 7) is 4.83. The number of piperazine rings is 1. The number of nitrogens with zero attached hydrogens (tertiary/aromatic N) is 4. The minimum Gasteiger partial charge on any atom is -0.353 e. The maximum absolute atomic E-state index is 13.2. The van der Waals surface area contributed by atoms with Gasteiger partial charge >= 0.3 is 0 Å². The van der Waals surface area contributed by atoms with E-state index in [1.165, 1.54) is 18.5 Å². The summed E-state index contributed by atoms with van der Waals surface area (Å²) in [6.07, 6.45) is 2.32. The Morgan fingerprint density at radius 2 is 1.70 bits per heavy atom. The number of hydrogen-bond acceptors (Lipinski definition) is 4. The monoisotopic (exact) mass is 404 g/mol. The van der Waals surface area contributed by atoms with Gasteiger partial charge in [-0.05, 0) is 36.2 Å². The highest BCUT2D eigenvalue weighted by Gasteiger charge is 2.28. The second-order valence-corrected chi connectivity index (χ2v) is 7.45. The summed E-state index contributed by atoms with van der Waals surface area (Å²) >= 11 is 0. The van der Waals surface area contributed by atoms with E-state index < -0.39 is 0 Å². The SMILES string of the molecule is CCC(C(=O)N1CCN(c2cc(-c3ccc(F)cc3)ncn2)CC1)c1ccccc1. The highest BCUT2D eigenvalue weighted by atomic mass is 19.1. The van der Waals surface area contributed by atoms with Crippen molar-refractivity contribution in [1.82, 2.24) is 14.9 Å². The lowest BCUT2D eigenvalue weighted by molar-refractivity contribution is -0.133. The zero-order valence-corrected chi connectivity index (χ0v) is 17.0. The van der Waals surface area contributed by atoms with Crippen LogP contribution in [0.2, 0.25) is 0 Å². The molecule has 30 heavy (non-hydrogen) atoms. The highest BCUT2D eigenvalue weighted by Crippen LogP contribution is 2.25. The number of carbonyl (C=O) groups is 1. The van der Waals surface area contributed by atoms with Crippen LogP contribution in [0.5, 0.6) is 0 Å². The Morgan fingerprint density at radius 1 is 1.00 bits per heavy atom. The van der Waals surface area contributed by atoms with Gasteiger partial charge in [0, 0.05) is 37.8 Å². The fourth-order valence-electron chi connectivity index (χ4n) is 3.91. The van der Waals surface area contributed by atoms with Gasteiger partial charge in [-0.2, -0.15) is 0 Å². The van der Waals surface area contributed by atoms with E-state index in [1.54, 1.807) is 12.1 Å². The fraction of sp³-hybridized carbons (Fsp3) is 0.292. The van der Waals surface area contributed by atoms with Gasteiger partial charge in [-0.15, -0.1) is 0 Å². The average Bonchev–Trinajstić information content (AvgIpc) is 2.81. The molecular weight excluding hydrogens is 379 g/mol. The van der Waals surface area contributed by atoms with Crippen molar-refractivity contribution in [2.45, 2.75) is 19.3 Å². The molecule has 1 atom stereocenters. The van der Waals surface area contributed by atoms with Gasteiger partial charge < -0.3 is 9.80 Å². The van der Waals surface area contributed by atoms with E-state index in [1.807, 2.05) is 41.3 Å². The van der Waals surface area contributed by atoms with Gasteiger partial charge in [0.1, 0.15) is 18.0 Å². The van der Waals surface area contributed by atoms with Gasteiger partial charge in [0.2, 0.25) is 5.91 Å². The predicted molar refractivity (Wildman–Crippen MR) is 116 cm³/mol. The van der Waals surface area contributed by atoms with Crippen LogP contribution < -0.4 is 4.90 Å². The number of halogens is 1. The van der Waals surface area contributed by atoms with Crippen LogP contribution in [0.4, 0.5) is 10.2 Å². The molecule has 5 nitrogen and oxygen atoms in total. The molecule has 2 aromatic carbocycles. The number of carbonyl (C=O) groups excluding carboxylic acids is 1. The summed E-state index contributed by atoms with van der Waals surface area (Å²) in [5.41, 5.74) is 2.68. The van der Waals surface area contributed by atoms with Gasteiger partial charge in [-0.3, -0.25) is 4.79 Å². The van der Waals surface area contributed by atoms with Crippen molar-refractivity contribution in [3.05, 3.63) is 78.4 Å². The Labute approximate surface area is 176 Å². The Hall–Kier alpha value is -3.28. The lowest BCUT2D eigenvalue weighted by Gasteiger charge is -2.37. The molecule has 0 bridgehead atoms. The largest absolute Gasteiger partial charge is 0.353 e. The Bertz CT molecular complexity index is 986. The minimum absolute atomic E-state index is 0.0955. The molecule has 1 saturated heterocycles. The van der Waals surface area contributed by atoms with Crippen molar-refractivity contribution in [2.24, 2.45) is 0 Å². The summed E-state index contributed by atoms with van der Waals surface area (Å²) in [4.78, 5) is 26.0. The Morgan fingerprint density at radius 3 is 2.37 bits per heavy atom. The number of hydrogen-bond donors (Lipinski definition) is 0. The zero-order chi connectivity index (χ0) is 20.9. The van der Waals surface area contributed by atoms with Gasteiger partial charge in [0.05, 0.1) is 11.6 Å². The van der Waals surface area contributed by atoms with Gasteiger partial charge in [0.25, 0.3) is 0 Å². The van der Waals surface area contributed by atoms with Crippen molar-refractivity contribution in [2.75, 3.05) is 31.1 Å². The van der Waals surface area contributed by atoms with Crippen LogP contribution in [0.25, 0.3) is 11.3 Å². The summed E-state index contributed by atoms with van der Waals surface area (Å²) in [5, 5.41) is 0. The van der Waals surface area contributed by atoms with E-state index in [0.29, 0.717) is 13.1 Å². The molecule has 0 aliphatic carbocycles. The molecule has 1 aromatic heterocycles. The molecule has 1 amide bonds. The molecular formula is C24H25FN4O. The molecule has 0 radical (unpaired) electrons. The van der Waals surface area contributed by atoms with E-state index in [2.05, 4.69) is 21.8 Å². The van der Waals surface area contributed by atoms with Crippen molar-refractivity contribution in [3.8, 4) is 11.3 Å². The summed E-state index contributed by atoms with van der Waals surface area (Å²) in [7, 11) is 0. The summed E-state index contributed by atoms with van der Waals surface area (Å²) in [6, 6.07) is 18.2. The van der Waals surface area contributed by atoms with E-state index >= 15 is 0 Å². The maximum atomic E-state index is 13.2. The molecule has 1 unspecified atom stereocenters. The van der Waals surface area contributed by atoms with Crippen molar-refractivity contribution < 1.29 is 9.18 Å².